The van der Waals surface area contributed by atoms with Gasteiger partial charge in [-0.25, -0.2) is 18.3 Å². The quantitative estimate of drug-likeness (QED) is 0.0503. The van der Waals surface area contributed by atoms with E-state index in [-0.39, 0.29) is 0 Å². The Bertz CT molecular complexity index is 988. The standard InChI is InChI=1S/C45H86N4/c1-5-9-13-15-17-19-21-23-25-27-29-31-35-39-49-43-41-47(37-33-12-8-4)45(49)44-46(36-32-11-7-3)40-42-48(44)38-34-30-28-26-24-22-20-18-16-14-10-6-2/h40-43H,5-39H2,1-4H3/q+2. The summed E-state index contributed by atoms with van der Waals surface area (Å²) in [5.41, 5.74) is 0. The van der Waals surface area contributed by atoms with Crippen molar-refractivity contribution in [2.75, 3.05) is 0 Å². The van der Waals surface area contributed by atoms with Crippen molar-refractivity contribution in [2.24, 2.45) is 0 Å². The normalized spacial score (nSPS) is 11.7. The van der Waals surface area contributed by atoms with E-state index in [1.165, 1.54) is 211 Å². The third-order valence-electron chi connectivity index (χ3n) is 10.9. The Morgan fingerprint density at radius 1 is 0.327 bits per heavy atom. The van der Waals surface area contributed by atoms with Crippen LogP contribution >= 0.6 is 0 Å². The molecule has 0 N–H and O–H groups in total. The summed E-state index contributed by atoms with van der Waals surface area (Å²) < 4.78 is 10.4. The van der Waals surface area contributed by atoms with Gasteiger partial charge in [0.05, 0.1) is 26.2 Å². The number of nitrogens with zero attached hydrogens (tertiary/aromatic N) is 4. The van der Waals surface area contributed by atoms with Crippen molar-refractivity contribution in [3.05, 3.63) is 24.8 Å². The molecule has 0 radical (unpaired) electrons. The first-order chi connectivity index (χ1) is 24.3. The molecule has 0 saturated heterocycles. The van der Waals surface area contributed by atoms with E-state index >= 15 is 0 Å². The highest BCUT2D eigenvalue weighted by molar-refractivity contribution is 5.36. The Morgan fingerprint density at radius 2 is 0.571 bits per heavy atom. The zero-order valence-electron chi connectivity index (χ0n) is 33.8. The molecule has 2 rings (SSSR count). The minimum absolute atomic E-state index is 1.13. The molecule has 0 bridgehead atoms. The maximum atomic E-state index is 2.62. The van der Waals surface area contributed by atoms with Crippen LogP contribution in [0.4, 0.5) is 0 Å². The average Bonchev–Trinajstić information content (AvgIpc) is 3.70. The molecule has 0 aromatic carbocycles. The Balaban J connectivity index is 1.91. The summed E-state index contributed by atoms with van der Waals surface area (Å²) in [7, 11) is 0. The molecule has 4 heteroatoms. The topological polar surface area (TPSA) is 17.6 Å². The predicted octanol–water partition coefficient (Wildman–Crippen LogP) is 13.7. The number of hydrogen-bond acceptors (Lipinski definition) is 0. The van der Waals surface area contributed by atoms with Crippen LogP contribution in [0.25, 0.3) is 11.6 Å². The highest BCUT2D eigenvalue weighted by Gasteiger charge is 2.32. The molecule has 0 fully saturated rings. The van der Waals surface area contributed by atoms with Gasteiger partial charge in [0.1, 0.15) is 24.8 Å². The van der Waals surface area contributed by atoms with Crippen molar-refractivity contribution in [1.82, 2.24) is 9.13 Å². The third kappa shape index (κ3) is 20.2. The average molecular weight is 683 g/mol. The Hall–Kier alpha value is -1.58. The van der Waals surface area contributed by atoms with Gasteiger partial charge in [-0.3, -0.25) is 0 Å². The largest absolute Gasteiger partial charge is 0.373 e. The minimum atomic E-state index is 1.13. The molecule has 0 spiro atoms. The fourth-order valence-electron chi connectivity index (χ4n) is 7.66. The number of hydrogen-bond donors (Lipinski definition) is 0. The number of imidazole rings is 2. The SMILES string of the molecule is CCCCCCCCCCCCCCCn1cc[n+](CCCCC)c1-c1n(CCCCCCCCCCCCCC)cc[n+]1CCCCC. The fraction of sp³-hybridized carbons (Fsp3) is 0.867. The maximum absolute atomic E-state index is 2.62. The first-order valence-electron chi connectivity index (χ1n) is 22.4. The van der Waals surface area contributed by atoms with Crippen LogP contribution in [0, 0.1) is 0 Å². The molecular weight excluding hydrogens is 597 g/mol. The first-order valence-corrected chi connectivity index (χ1v) is 22.4. The van der Waals surface area contributed by atoms with E-state index in [0.717, 1.165) is 26.2 Å². The van der Waals surface area contributed by atoms with Gasteiger partial charge in [0.2, 0.25) is 0 Å². The van der Waals surface area contributed by atoms with E-state index in [1.54, 1.807) is 0 Å². The maximum Gasteiger partial charge on any atom is 0.373 e. The Labute approximate surface area is 306 Å². The second kappa shape index (κ2) is 31.2. The molecule has 0 saturated carbocycles. The first kappa shape index (κ1) is 43.6. The van der Waals surface area contributed by atoms with E-state index in [9.17, 15) is 0 Å². The van der Waals surface area contributed by atoms with E-state index in [4.69, 9.17) is 0 Å². The molecule has 0 unspecified atom stereocenters. The smallest absolute Gasteiger partial charge is 0.223 e. The summed E-state index contributed by atoms with van der Waals surface area (Å²) in [4.78, 5) is 0. The summed E-state index contributed by atoms with van der Waals surface area (Å²) in [6.07, 6.45) is 52.7. The Kier molecular flexibility index (Phi) is 27.7. The van der Waals surface area contributed by atoms with Crippen LogP contribution in [0.15, 0.2) is 24.8 Å². The summed E-state index contributed by atoms with van der Waals surface area (Å²) in [5, 5.41) is 0. The highest BCUT2D eigenvalue weighted by Crippen LogP contribution is 2.19. The van der Waals surface area contributed by atoms with Crippen molar-refractivity contribution < 1.29 is 9.13 Å². The van der Waals surface area contributed by atoms with Gasteiger partial charge in [0.25, 0.3) is 0 Å². The number of aromatic nitrogens is 4. The molecule has 0 aliphatic carbocycles. The second-order valence-electron chi connectivity index (χ2n) is 15.6. The van der Waals surface area contributed by atoms with Crippen molar-refractivity contribution in [3.8, 4) is 11.6 Å². The molecule has 4 nitrogen and oxygen atoms in total. The summed E-state index contributed by atoms with van der Waals surface area (Å²) >= 11 is 0. The van der Waals surface area contributed by atoms with Gasteiger partial charge in [-0.2, -0.15) is 0 Å². The lowest BCUT2D eigenvalue weighted by atomic mass is 10.0. The fourth-order valence-corrected chi connectivity index (χ4v) is 7.66. The van der Waals surface area contributed by atoms with Crippen LogP contribution in [0.1, 0.15) is 227 Å². The molecule has 284 valence electrons. The van der Waals surface area contributed by atoms with Crippen molar-refractivity contribution in [2.45, 2.75) is 253 Å². The van der Waals surface area contributed by atoms with Gasteiger partial charge in [-0.05, 0) is 51.4 Å². The monoisotopic (exact) mass is 683 g/mol. The van der Waals surface area contributed by atoms with Crippen LogP contribution in [-0.4, -0.2) is 9.13 Å². The molecule has 0 amide bonds. The van der Waals surface area contributed by atoms with Crippen LogP contribution in [-0.2, 0) is 26.2 Å². The van der Waals surface area contributed by atoms with Crippen LogP contribution in [0.5, 0.6) is 0 Å². The molecule has 0 aliphatic rings. The van der Waals surface area contributed by atoms with E-state index < -0.39 is 0 Å². The van der Waals surface area contributed by atoms with Gasteiger partial charge in [0, 0.05) is 0 Å². The zero-order chi connectivity index (χ0) is 35.0. The number of rotatable bonds is 36. The van der Waals surface area contributed by atoms with Gasteiger partial charge >= 0.3 is 11.6 Å². The summed E-state index contributed by atoms with van der Waals surface area (Å²) in [6, 6.07) is 0. The lowest BCUT2D eigenvalue weighted by molar-refractivity contribution is -0.715. The zero-order valence-corrected chi connectivity index (χ0v) is 33.8. The van der Waals surface area contributed by atoms with Crippen LogP contribution < -0.4 is 9.13 Å². The molecule has 2 aromatic heterocycles. The lowest BCUT2D eigenvalue weighted by Crippen LogP contribution is -2.43. The van der Waals surface area contributed by atoms with Gasteiger partial charge < -0.3 is 0 Å². The predicted molar refractivity (Wildman–Crippen MR) is 214 cm³/mol. The van der Waals surface area contributed by atoms with Crippen molar-refractivity contribution >= 4 is 0 Å². The summed E-state index contributed by atoms with van der Waals surface area (Å²) in [6.45, 7) is 13.8. The number of aryl methyl sites for hydroxylation is 4. The molecule has 0 atom stereocenters. The summed E-state index contributed by atoms with van der Waals surface area (Å²) in [5.74, 6) is 2.91. The third-order valence-corrected chi connectivity index (χ3v) is 10.9. The van der Waals surface area contributed by atoms with Crippen molar-refractivity contribution in [3.63, 3.8) is 0 Å². The lowest BCUT2D eigenvalue weighted by Gasteiger charge is -2.08. The molecule has 0 aliphatic heterocycles. The van der Waals surface area contributed by atoms with Crippen LogP contribution in [0.2, 0.25) is 0 Å². The van der Waals surface area contributed by atoms with E-state index in [1.807, 2.05) is 0 Å². The van der Waals surface area contributed by atoms with Crippen LogP contribution in [0.3, 0.4) is 0 Å². The minimum Gasteiger partial charge on any atom is -0.223 e. The second-order valence-corrected chi connectivity index (χ2v) is 15.6. The van der Waals surface area contributed by atoms with Gasteiger partial charge in [0.15, 0.2) is 0 Å². The number of unbranched alkanes of at least 4 members (excludes halogenated alkanes) is 27. The van der Waals surface area contributed by atoms with Gasteiger partial charge in [-0.1, -0.05) is 175 Å². The van der Waals surface area contributed by atoms with Crippen molar-refractivity contribution in [1.29, 1.82) is 0 Å². The molecule has 2 heterocycles. The molecule has 49 heavy (non-hydrogen) atoms. The highest BCUT2D eigenvalue weighted by atomic mass is 15.2. The molecular formula is C45H86N4+2. The van der Waals surface area contributed by atoms with Gasteiger partial charge in [-0.15, -0.1) is 0 Å². The molecule has 2 aromatic rings. The van der Waals surface area contributed by atoms with E-state index in [0.29, 0.717) is 0 Å². The van der Waals surface area contributed by atoms with E-state index in [2.05, 4.69) is 70.8 Å². The Morgan fingerprint density at radius 3 is 0.857 bits per heavy atom.